The smallest absolute Gasteiger partial charge is 0.414 e. The number of aromatic nitrogens is 1. The maximum Gasteiger partial charge on any atom is 0.414 e. The number of carboxylic acid groups (broad SMARTS) is 2. The van der Waals surface area contributed by atoms with E-state index in [0.29, 0.717) is 6.54 Å². The monoisotopic (exact) mass is 438 g/mol. The average Bonchev–Trinajstić information content (AvgIpc) is 2.74. The number of benzene rings is 2. The maximum atomic E-state index is 12.6. The van der Waals surface area contributed by atoms with Crippen molar-refractivity contribution in [3.63, 3.8) is 0 Å². The fourth-order valence-corrected chi connectivity index (χ4v) is 2.88. The Balaban J connectivity index is 0.000000534. The predicted molar refractivity (Wildman–Crippen MR) is 123 cm³/mol. The lowest BCUT2D eigenvalue weighted by Crippen LogP contribution is -2.30. The number of anilines is 2. The SMILES string of the molecule is CN(CC(=O)Nc1cc(N(C)C)nc2ccccc12)Cc1ccccc1.O=C(O)C(=O)O. The Hall–Kier alpha value is -3.98. The molecule has 0 saturated carbocycles. The Bertz CT molecular complexity index is 1070. The molecule has 32 heavy (non-hydrogen) atoms. The number of nitrogens with one attached hydrogen (secondary N) is 1. The molecule has 0 aliphatic heterocycles. The summed E-state index contributed by atoms with van der Waals surface area (Å²) >= 11 is 0. The van der Waals surface area contributed by atoms with Gasteiger partial charge in [0.2, 0.25) is 5.91 Å². The fraction of sp³-hybridized carbons (Fsp3) is 0.217. The Morgan fingerprint density at radius 1 is 0.906 bits per heavy atom. The van der Waals surface area contributed by atoms with E-state index in [2.05, 4.69) is 22.4 Å². The molecule has 0 aliphatic rings. The van der Waals surface area contributed by atoms with Crippen molar-refractivity contribution in [1.82, 2.24) is 9.88 Å². The molecule has 9 heteroatoms. The summed E-state index contributed by atoms with van der Waals surface area (Å²) in [5.41, 5.74) is 2.84. The molecule has 0 bridgehead atoms. The summed E-state index contributed by atoms with van der Waals surface area (Å²) in [5.74, 6) is -2.87. The number of likely N-dealkylation sites (N-methyl/N-ethyl adjacent to an activating group) is 1. The summed E-state index contributed by atoms with van der Waals surface area (Å²) in [4.78, 5) is 39.3. The van der Waals surface area contributed by atoms with Crippen LogP contribution in [-0.2, 0) is 20.9 Å². The van der Waals surface area contributed by atoms with Crippen LogP contribution in [0, 0.1) is 0 Å². The van der Waals surface area contributed by atoms with Gasteiger partial charge in [0, 0.05) is 32.1 Å². The summed E-state index contributed by atoms with van der Waals surface area (Å²) < 4.78 is 0. The second-order valence-electron chi connectivity index (χ2n) is 7.26. The molecule has 3 aromatic rings. The number of fused-ring (bicyclic) bond motifs is 1. The number of nitrogens with zero attached hydrogens (tertiary/aromatic N) is 3. The molecule has 1 aromatic heterocycles. The van der Waals surface area contributed by atoms with E-state index in [1.165, 1.54) is 5.56 Å². The Labute approximate surface area is 185 Å². The van der Waals surface area contributed by atoms with E-state index in [1.54, 1.807) is 0 Å². The fourth-order valence-electron chi connectivity index (χ4n) is 2.88. The number of para-hydroxylation sites is 1. The van der Waals surface area contributed by atoms with Gasteiger partial charge in [-0.1, -0.05) is 48.5 Å². The van der Waals surface area contributed by atoms with Crippen molar-refractivity contribution >= 4 is 40.3 Å². The lowest BCUT2D eigenvalue weighted by atomic mass is 10.1. The molecule has 3 rings (SSSR count). The molecule has 2 aromatic carbocycles. The highest BCUT2D eigenvalue weighted by atomic mass is 16.4. The van der Waals surface area contributed by atoms with Crippen molar-refractivity contribution in [2.75, 3.05) is 37.9 Å². The van der Waals surface area contributed by atoms with Crippen LogP contribution in [0.5, 0.6) is 0 Å². The topological polar surface area (TPSA) is 123 Å². The Morgan fingerprint density at radius 2 is 1.50 bits per heavy atom. The standard InChI is InChI=1S/C21H24N4O.C2H2O4/c1-24(2)20-13-19(17-11-7-8-12-18(17)22-20)23-21(26)15-25(3)14-16-9-5-4-6-10-16;3-1(4)2(5)6/h4-13H,14-15H2,1-3H3,(H,22,23,26);(H,3,4)(H,5,6). The summed E-state index contributed by atoms with van der Waals surface area (Å²) in [6.45, 7) is 1.05. The van der Waals surface area contributed by atoms with E-state index in [0.717, 1.165) is 29.0 Å². The van der Waals surface area contributed by atoms with Gasteiger partial charge < -0.3 is 20.4 Å². The number of pyridine rings is 1. The number of carbonyl (C=O) groups is 3. The van der Waals surface area contributed by atoms with Crippen LogP contribution in [0.2, 0.25) is 0 Å². The second kappa shape index (κ2) is 11.4. The average molecular weight is 438 g/mol. The van der Waals surface area contributed by atoms with Gasteiger partial charge in [-0.3, -0.25) is 9.69 Å². The zero-order chi connectivity index (χ0) is 23.7. The predicted octanol–water partition coefficient (Wildman–Crippen LogP) is 2.53. The number of hydrogen-bond acceptors (Lipinski definition) is 6. The molecule has 1 heterocycles. The first kappa shape index (κ1) is 24.3. The van der Waals surface area contributed by atoms with Gasteiger partial charge in [-0.25, -0.2) is 14.6 Å². The second-order valence-corrected chi connectivity index (χ2v) is 7.26. The van der Waals surface area contributed by atoms with Crippen LogP contribution >= 0.6 is 0 Å². The highest BCUT2D eigenvalue weighted by molar-refractivity contribution is 6.27. The molecule has 0 atom stereocenters. The molecule has 168 valence electrons. The van der Waals surface area contributed by atoms with Crippen molar-refractivity contribution in [3.8, 4) is 0 Å². The molecule has 0 radical (unpaired) electrons. The Morgan fingerprint density at radius 3 is 2.09 bits per heavy atom. The van der Waals surface area contributed by atoms with Crippen LogP contribution in [0.3, 0.4) is 0 Å². The van der Waals surface area contributed by atoms with E-state index in [4.69, 9.17) is 19.8 Å². The third-order valence-electron chi connectivity index (χ3n) is 4.33. The minimum absolute atomic E-state index is 0.0375. The molecule has 0 saturated heterocycles. The summed E-state index contributed by atoms with van der Waals surface area (Å²) in [6.07, 6.45) is 0. The number of carboxylic acids is 2. The number of rotatable bonds is 6. The Kier molecular flexibility index (Phi) is 8.67. The quantitative estimate of drug-likeness (QED) is 0.502. The van der Waals surface area contributed by atoms with E-state index in [1.807, 2.05) is 79.5 Å². The first-order chi connectivity index (χ1) is 15.2. The van der Waals surface area contributed by atoms with Crippen molar-refractivity contribution in [3.05, 3.63) is 66.2 Å². The van der Waals surface area contributed by atoms with Gasteiger partial charge in [0.15, 0.2) is 0 Å². The molecule has 3 N–H and O–H groups in total. The number of carbonyl (C=O) groups excluding carboxylic acids is 1. The largest absolute Gasteiger partial charge is 0.473 e. The molecule has 0 aliphatic carbocycles. The number of hydrogen-bond donors (Lipinski definition) is 3. The lowest BCUT2D eigenvalue weighted by molar-refractivity contribution is -0.159. The molecule has 9 nitrogen and oxygen atoms in total. The van der Waals surface area contributed by atoms with E-state index in [9.17, 15) is 4.79 Å². The number of amides is 1. The van der Waals surface area contributed by atoms with Gasteiger partial charge in [0.05, 0.1) is 17.7 Å². The van der Waals surface area contributed by atoms with Gasteiger partial charge in [-0.05, 0) is 18.7 Å². The molecular formula is C23H26N4O5. The van der Waals surface area contributed by atoms with Crippen molar-refractivity contribution in [2.45, 2.75) is 6.54 Å². The van der Waals surface area contributed by atoms with Crippen LogP contribution in [0.4, 0.5) is 11.5 Å². The first-order valence-electron chi connectivity index (χ1n) is 9.73. The zero-order valence-electron chi connectivity index (χ0n) is 18.1. The van der Waals surface area contributed by atoms with Gasteiger partial charge >= 0.3 is 11.9 Å². The van der Waals surface area contributed by atoms with Crippen molar-refractivity contribution in [2.24, 2.45) is 0 Å². The van der Waals surface area contributed by atoms with E-state index < -0.39 is 11.9 Å². The van der Waals surface area contributed by atoms with E-state index in [-0.39, 0.29) is 5.91 Å². The van der Waals surface area contributed by atoms with Gasteiger partial charge in [-0.2, -0.15) is 0 Å². The normalized spacial score (nSPS) is 10.2. The summed E-state index contributed by atoms with van der Waals surface area (Å²) in [6, 6.07) is 19.9. The van der Waals surface area contributed by atoms with Gasteiger partial charge in [0.25, 0.3) is 0 Å². The lowest BCUT2D eigenvalue weighted by Gasteiger charge is -2.18. The highest BCUT2D eigenvalue weighted by Crippen LogP contribution is 2.26. The molecule has 0 fully saturated rings. The molecule has 0 unspecified atom stereocenters. The molecule has 1 amide bonds. The van der Waals surface area contributed by atoms with Gasteiger partial charge in [-0.15, -0.1) is 0 Å². The minimum atomic E-state index is -1.82. The minimum Gasteiger partial charge on any atom is -0.473 e. The first-order valence-corrected chi connectivity index (χ1v) is 9.73. The molecular weight excluding hydrogens is 412 g/mol. The summed E-state index contributed by atoms with van der Waals surface area (Å²) in [5, 5.41) is 18.8. The maximum absolute atomic E-state index is 12.6. The summed E-state index contributed by atoms with van der Waals surface area (Å²) in [7, 11) is 5.83. The number of aliphatic carboxylic acids is 2. The molecule has 0 spiro atoms. The van der Waals surface area contributed by atoms with Crippen molar-refractivity contribution < 1.29 is 24.6 Å². The van der Waals surface area contributed by atoms with Gasteiger partial charge in [0.1, 0.15) is 5.82 Å². The zero-order valence-corrected chi connectivity index (χ0v) is 18.1. The van der Waals surface area contributed by atoms with Crippen LogP contribution in [0.25, 0.3) is 10.9 Å². The van der Waals surface area contributed by atoms with E-state index >= 15 is 0 Å². The van der Waals surface area contributed by atoms with Crippen LogP contribution in [-0.4, -0.2) is 65.6 Å². The third-order valence-corrected chi connectivity index (χ3v) is 4.33. The van der Waals surface area contributed by atoms with Crippen LogP contribution in [0.15, 0.2) is 60.7 Å². The van der Waals surface area contributed by atoms with Crippen LogP contribution < -0.4 is 10.2 Å². The third kappa shape index (κ3) is 7.37. The highest BCUT2D eigenvalue weighted by Gasteiger charge is 2.12. The van der Waals surface area contributed by atoms with Crippen molar-refractivity contribution in [1.29, 1.82) is 0 Å². The van der Waals surface area contributed by atoms with Crippen LogP contribution in [0.1, 0.15) is 5.56 Å².